The quantitative estimate of drug-likeness (QED) is 0.799. The maximum absolute atomic E-state index is 3.71. The Morgan fingerprint density at radius 2 is 1.67 bits per heavy atom. The van der Waals surface area contributed by atoms with Crippen LogP contribution in [0.25, 0.3) is 0 Å². The molecular formula is C19H20BrN. The van der Waals surface area contributed by atoms with Crippen molar-refractivity contribution in [2.75, 3.05) is 5.32 Å². The Bertz CT molecular complexity index is 641. The summed E-state index contributed by atoms with van der Waals surface area (Å²) in [6.07, 6.45) is 6.35. The number of hydrogen-bond acceptors (Lipinski definition) is 1. The zero-order valence-electron chi connectivity index (χ0n) is 12.1. The van der Waals surface area contributed by atoms with Crippen LogP contribution >= 0.6 is 15.9 Å². The Kier molecular flexibility index (Phi) is 3.50. The van der Waals surface area contributed by atoms with Gasteiger partial charge in [0.05, 0.1) is 0 Å². The molecule has 0 unspecified atom stereocenters. The van der Waals surface area contributed by atoms with Gasteiger partial charge in [0.15, 0.2) is 0 Å². The monoisotopic (exact) mass is 341 g/mol. The zero-order chi connectivity index (χ0) is 14.2. The summed E-state index contributed by atoms with van der Waals surface area (Å²) in [4.78, 5) is 0. The van der Waals surface area contributed by atoms with Crippen molar-refractivity contribution in [3.8, 4) is 0 Å². The molecule has 1 fully saturated rings. The first-order chi connectivity index (χ1) is 10.3. The van der Waals surface area contributed by atoms with Gasteiger partial charge < -0.3 is 5.32 Å². The summed E-state index contributed by atoms with van der Waals surface area (Å²) in [5.41, 5.74) is 5.91. The molecule has 0 aliphatic heterocycles. The highest BCUT2D eigenvalue weighted by Crippen LogP contribution is 2.39. The van der Waals surface area contributed by atoms with Gasteiger partial charge in [-0.3, -0.25) is 0 Å². The van der Waals surface area contributed by atoms with E-state index in [2.05, 4.69) is 63.7 Å². The number of benzene rings is 2. The number of anilines is 1. The molecule has 0 radical (unpaired) electrons. The number of aryl methyl sites for hydroxylation is 2. The van der Waals surface area contributed by atoms with E-state index in [4.69, 9.17) is 0 Å². The molecule has 2 aliphatic rings. The van der Waals surface area contributed by atoms with Gasteiger partial charge in [0, 0.05) is 16.2 Å². The molecule has 108 valence electrons. The minimum Gasteiger partial charge on any atom is -0.382 e. The van der Waals surface area contributed by atoms with Gasteiger partial charge in [0.2, 0.25) is 0 Å². The number of hydrogen-bond donors (Lipinski definition) is 1. The third-order valence-corrected chi connectivity index (χ3v) is 5.48. The number of nitrogens with one attached hydrogen (secondary N) is 1. The maximum atomic E-state index is 3.71. The molecule has 0 saturated heterocycles. The molecular weight excluding hydrogens is 322 g/mol. The Balaban J connectivity index is 1.37. The van der Waals surface area contributed by atoms with Crippen LogP contribution in [0.15, 0.2) is 46.9 Å². The summed E-state index contributed by atoms with van der Waals surface area (Å²) >= 11 is 3.50. The second-order valence-electron chi connectivity index (χ2n) is 6.40. The van der Waals surface area contributed by atoms with Gasteiger partial charge >= 0.3 is 0 Å². The molecule has 1 N–H and O–H groups in total. The first-order valence-electron chi connectivity index (χ1n) is 7.92. The molecule has 1 nitrogen and oxygen atoms in total. The molecule has 4 rings (SSSR count). The lowest BCUT2D eigenvalue weighted by Crippen LogP contribution is -2.34. The fourth-order valence-electron chi connectivity index (χ4n) is 3.64. The van der Waals surface area contributed by atoms with Crippen LogP contribution in [0.2, 0.25) is 0 Å². The SMILES string of the molecule is Brc1ccc(C2CC(Nc3ccc4c(c3)CCC4)C2)cc1. The fourth-order valence-corrected chi connectivity index (χ4v) is 3.90. The van der Waals surface area contributed by atoms with E-state index in [9.17, 15) is 0 Å². The number of halogens is 1. The third kappa shape index (κ3) is 2.74. The van der Waals surface area contributed by atoms with E-state index in [0.717, 1.165) is 5.92 Å². The van der Waals surface area contributed by atoms with E-state index < -0.39 is 0 Å². The topological polar surface area (TPSA) is 12.0 Å². The summed E-state index contributed by atoms with van der Waals surface area (Å²) in [6, 6.07) is 16.4. The van der Waals surface area contributed by atoms with Crippen LogP contribution in [-0.2, 0) is 12.8 Å². The van der Waals surface area contributed by atoms with Crippen LogP contribution in [0.1, 0.15) is 41.9 Å². The second kappa shape index (κ2) is 5.49. The minimum atomic E-state index is 0.637. The summed E-state index contributed by atoms with van der Waals surface area (Å²) in [7, 11) is 0. The largest absolute Gasteiger partial charge is 0.382 e. The van der Waals surface area contributed by atoms with Crippen molar-refractivity contribution in [3.63, 3.8) is 0 Å². The molecule has 0 bridgehead atoms. The molecule has 2 heteroatoms. The molecule has 21 heavy (non-hydrogen) atoms. The number of fused-ring (bicyclic) bond motifs is 1. The first kappa shape index (κ1) is 13.4. The van der Waals surface area contributed by atoms with Crippen LogP contribution in [0.5, 0.6) is 0 Å². The van der Waals surface area contributed by atoms with E-state index in [1.54, 1.807) is 11.1 Å². The van der Waals surface area contributed by atoms with E-state index >= 15 is 0 Å². The van der Waals surface area contributed by atoms with Gasteiger partial charge in [-0.15, -0.1) is 0 Å². The highest BCUT2D eigenvalue weighted by atomic mass is 79.9. The van der Waals surface area contributed by atoms with E-state index in [0.29, 0.717) is 6.04 Å². The average molecular weight is 342 g/mol. The lowest BCUT2D eigenvalue weighted by Gasteiger charge is -2.37. The standard InChI is InChI=1S/C19H20BrN/c20-17-7-4-14(5-8-17)16-11-19(12-16)21-18-9-6-13-2-1-3-15(13)10-18/h4-10,16,19,21H,1-3,11-12H2. The van der Waals surface area contributed by atoms with Crippen molar-refractivity contribution in [2.24, 2.45) is 0 Å². The van der Waals surface area contributed by atoms with Gasteiger partial charge in [-0.1, -0.05) is 34.1 Å². The van der Waals surface area contributed by atoms with Crippen molar-refractivity contribution in [3.05, 3.63) is 63.6 Å². The van der Waals surface area contributed by atoms with E-state index in [1.165, 1.54) is 47.8 Å². The fraction of sp³-hybridized carbons (Fsp3) is 0.368. The molecule has 0 heterocycles. The molecule has 2 aromatic rings. The summed E-state index contributed by atoms with van der Waals surface area (Å²) in [5, 5.41) is 3.71. The van der Waals surface area contributed by atoms with E-state index in [1.807, 2.05) is 0 Å². The van der Waals surface area contributed by atoms with Crippen molar-refractivity contribution >= 4 is 21.6 Å². The Labute approximate surface area is 134 Å². The molecule has 0 amide bonds. The third-order valence-electron chi connectivity index (χ3n) is 4.95. The van der Waals surface area contributed by atoms with Crippen LogP contribution in [0, 0.1) is 0 Å². The average Bonchev–Trinajstić information content (AvgIpc) is 2.91. The van der Waals surface area contributed by atoms with Crippen molar-refractivity contribution in [2.45, 2.75) is 44.1 Å². The molecule has 1 saturated carbocycles. The Hall–Kier alpha value is -1.28. The van der Waals surface area contributed by atoms with Gasteiger partial charge in [0.1, 0.15) is 0 Å². The van der Waals surface area contributed by atoms with Crippen LogP contribution in [-0.4, -0.2) is 6.04 Å². The highest BCUT2D eigenvalue weighted by molar-refractivity contribution is 9.10. The normalized spacial score (nSPS) is 23.5. The minimum absolute atomic E-state index is 0.637. The predicted octanol–water partition coefficient (Wildman–Crippen LogP) is 5.30. The zero-order valence-corrected chi connectivity index (χ0v) is 13.7. The molecule has 2 aromatic carbocycles. The lowest BCUT2D eigenvalue weighted by atomic mass is 9.76. The van der Waals surface area contributed by atoms with Crippen molar-refractivity contribution in [1.29, 1.82) is 0 Å². The lowest BCUT2D eigenvalue weighted by molar-refractivity contribution is 0.374. The van der Waals surface area contributed by atoms with E-state index in [-0.39, 0.29) is 0 Å². The van der Waals surface area contributed by atoms with Crippen LogP contribution in [0.3, 0.4) is 0 Å². The van der Waals surface area contributed by atoms with Crippen LogP contribution < -0.4 is 5.32 Å². The Morgan fingerprint density at radius 3 is 2.48 bits per heavy atom. The summed E-state index contributed by atoms with van der Waals surface area (Å²) < 4.78 is 1.17. The van der Waals surface area contributed by atoms with Gasteiger partial charge in [-0.25, -0.2) is 0 Å². The molecule has 0 aromatic heterocycles. The van der Waals surface area contributed by atoms with Gasteiger partial charge in [-0.05, 0) is 79.0 Å². The van der Waals surface area contributed by atoms with Crippen molar-refractivity contribution < 1.29 is 0 Å². The van der Waals surface area contributed by atoms with Crippen LogP contribution in [0.4, 0.5) is 5.69 Å². The van der Waals surface area contributed by atoms with Crippen molar-refractivity contribution in [1.82, 2.24) is 0 Å². The Morgan fingerprint density at radius 1 is 0.905 bits per heavy atom. The summed E-state index contributed by atoms with van der Waals surface area (Å²) in [6.45, 7) is 0. The molecule has 2 aliphatic carbocycles. The number of rotatable bonds is 3. The van der Waals surface area contributed by atoms with Gasteiger partial charge in [-0.2, -0.15) is 0 Å². The second-order valence-corrected chi connectivity index (χ2v) is 7.31. The predicted molar refractivity (Wildman–Crippen MR) is 92.0 cm³/mol. The first-order valence-corrected chi connectivity index (χ1v) is 8.71. The highest BCUT2D eigenvalue weighted by Gasteiger charge is 2.30. The maximum Gasteiger partial charge on any atom is 0.0345 e. The summed E-state index contributed by atoms with van der Waals surface area (Å²) in [5.74, 6) is 0.727. The molecule has 0 spiro atoms. The molecule has 0 atom stereocenters. The van der Waals surface area contributed by atoms with Gasteiger partial charge in [0.25, 0.3) is 0 Å². The smallest absolute Gasteiger partial charge is 0.0345 e.